The van der Waals surface area contributed by atoms with Gasteiger partial charge in [0.2, 0.25) is 10.0 Å². The molecule has 0 amide bonds. The van der Waals surface area contributed by atoms with Crippen LogP contribution in [0.2, 0.25) is 0 Å². The normalized spacial score (nSPS) is 11.9. The number of carbonyl (C=O) groups is 2. The van der Waals surface area contributed by atoms with E-state index in [-0.39, 0.29) is 34.2 Å². The quantitative estimate of drug-likeness (QED) is 0.304. The van der Waals surface area contributed by atoms with E-state index in [9.17, 15) is 18.0 Å². The van der Waals surface area contributed by atoms with Crippen LogP contribution in [-0.2, 0) is 14.8 Å². The number of esters is 1. The van der Waals surface area contributed by atoms with Crippen LogP contribution in [0.3, 0.4) is 0 Å². The molecule has 12 heteroatoms. The number of rotatable bonds is 8. The van der Waals surface area contributed by atoms with Crippen LogP contribution in [0.1, 0.15) is 39.0 Å². The van der Waals surface area contributed by atoms with Gasteiger partial charge < -0.3 is 9.72 Å². The first-order chi connectivity index (χ1) is 14.6. The molecular formula is C19H23N5O5S2. The summed E-state index contributed by atoms with van der Waals surface area (Å²) in [6, 6.07) is 3.00. The number of hydrogen-bond acceptors (Lipinski definition) is 8. The fourth-order valence-electron chi connectivity index (χ4n) is 3.10. The summed E-state index contributed by atoms with van der Waals surface area (Å²) in [5, 5.41) is 8.44. The van der Waals surface area contributed by atoms with Gasteiger partial charge in [-0.1, -0.05) is 11.8 Å². The van der Waals surface area contributed by atoms with Gasteiger partial charge >= 0.3 is 5.97 Å². The Morgan fingerprint density at radius 2 is 1.84 bits per heavy atom. The largest absolute Gasteiger partial charge is 0.462 e. The number of pyridine rings is 1. The van der Waals surface area contributed by atoms with Gasteiger partial charge in [0, 0.05) is 31.7 Å². The first-order valence-corrected chi connectivity index (χ1v) is 11.8. The number of sulfonamides is 1. The first-order valence-electron chi connectivity index (χ1n) is 9.37. The molecule has 3 heterocycles. The number of ether oxygens (including phenoxy) is 1. The van der Waals surface area contributed by atoms with Gasteiger partial charge in [-0.25, -0.2) is 17.5 Å². The molecule has 0 fully saturated rings. The highest BCUT2D eigenvalue weighted by molar-refractivity contribution is 7.99. The molecule has 0 aliphatic heterocycles. The van der Waals surface area contributed by atoms with Crippen LogP contribution in [-0.4, -0.2) is 70.5 Å². The summed E-state index contributed by atoms with van der Waals surface area (Å²) in [6.45, 7) is 5.33. The standard InChI is InChI=1S/C19H23N5O5S2/c1-6-29-18(26)17-12(3)20-11(2)16(17)14(25)10-30-19-22-21-15-8-7-13(9-24(15)19)31(27,28)23(4)5/h7-9,20H,6,10H2,1-5H3. The van der Waals surface area contributed by atoms with Gasteiger partial charge in [-0.05, 0) is 32.9 Å². The summed E-state index contributed by atoms with van der Waals surface area (Å²) in [4.78, 5) is 28.4. The summed E-state index contributed by atoms with van der Waals surface area (Å²) < 4.78 is 32.6. The molecule has 0 saturated heterocycles. The van der Waals surface area contributed by atoms with E-state index >= 15 is 0 Å². The molecule has 1 N–H and O–H groups in total. The fourth-order valence-corrected chi connectivity index (χ4v) is 4.79. The van der Waals surface area contributed by atoms with E-state index in [1.165, 1.54) is 30.8 Å². The Balaban J connectivity index is 1.89. The Morgan fingerprint density at radius 3 is 2.48 bits per heavy atom. The zero-order chi connectivity index (χ0) is 22.9. The molecule has 166 valence electrons. The highest BCUT2D eigenvalue weighted by Crippen LogP contribution is 2.25. The van der Waals surface area contributed by atoms with E-state index in [4.69, 9.17) is 4.74 Å². The van der Waals surface area contributed by atoms with E-state index in [1.807, 2.05) is 0 Å². The first kappa shape index (κ1) is 23.0. The maximum atomic E-state index is 12.9. The molecule has 0 aliphatic carbocycles. The highest BCUT2D eigenvalue weighted by Gasteiger charge is 2.26. The van der Waals surface area contributed by atoms with Crippen LogP contribution >= 0.6 is 11.8 Å². The lowest BCUT2D eigenvalue weighted by atomic mass is 10.1. The van der Waals surface area contributed by atoms with Gasteiger partial charge in [0.25, 0.3) is 0 Å². The van der Waals surface area contributed by atoms with Crippen LogP contribution in [0.5, 0.6) is 0 Å². The Hall–Kier alpha value is -2.70. The van der Waals surface area contributed by atoms with Crippen LogP contribution in [0.25, 0.3) is 5.65 Å². The summed E-state index contributed by atoms with van der Waals surface area (Å²) >= 11 is 1.10. The van der Waals surface area contributed by atoms with Crippen molar-refractivity contribution in [2.24, 2.45) is 0 Å². The fraction of sp³-hybridized carbons (Fsp3) is 0.368. The number of nitrogens with zero attached hydrogens (tertiary/aromatic N) is 4. The zero-order valence-electron chi connectivity index (χ0n) is 17.8. The molecule has 0 bridgehead atoms. The molecule has 3 aromatic rings. The van der Waals surface area contributed by atoms with Gasteiger partial charge in [-0.2, -0.15) is 0 Å². The molecule has 0 atom stereocenters. The summed E-state index contributed by atoms with van der Waals surface area (Å²) in [5.41, 5.74) is 2.12. The van der Waals surface area contributed by atoms with Crippen molar-refractivity contribution in [3.05, 3.63) is 40.8 Å². The lowest BCUT2D eigenvalue weighted by Gasteiger charge is -2.11. The number of thioether (sulfide) groups is 1. The Morgan fingerprint density at radius 1 is 1.16 bits per heavy atom. The van der Waals surface area contributed by atoms with Gasteiger partial charge in [-0.15, -0.1) is 10.2 Å². The maximum Gasteiger partial charge on any atom is 0.340 e. The van der Waals surface area contributed by atoms with Crippen LogP contribution in [0, 0.1) is 13.8 Å². The van der Waals surface area contributed by atoms with Crippen molar-refractivity contribution in [2.75, 3.05) is 26.5 Å². The van der Waals surface area contributed by atoms with Gasteiger partial charge in [-0.3, -0.25) is 9.20 Å². The summed E-state index contributed by atoms with van der Waals surface area (Å²) in [7, 11) is -0.742. The third-order valence-corrected chi connectivity index (χ3v) is 7.33. The number of fused-ring (bicyclic) bond motifs is 1. The van der Waals surface area contributed by atoms with Crippen molar-refractivity contribution in [3.63, 3.8) is 0 Å². The number of ketones is 1. The van der Waals surface area contributed by atoms with Gasteiger partial charge in [0.1, 0.15) is 0 Å². The number of aryl methyl sites for hydroxylation is 2. The van der Waals surface area contributed by atoms with Crippen molar-refractivity contribution < 1.29 is 22.7 Å². The molecule has 0 unspecified atom stereocenters. The minimum absolute atomic E-state index is 0.0179. The Labute approximate surface area is 184 Å². The van der Waals surface area contributed by atoms with E-state index < -0.39 is 16.0 Å². The number of aromatic nitrogens is 4. The molecule has 0 spiro atoms. The summed E-state index contributed by atoms with van der Waals surface area (Å²) in [6.07, 6.45) is 1.42. The number of hydrogen-bond donors (Lipinski definition) is 1. The van der Waals surface area contributed by atoms with Crippen molar-refractivity contribution in [1.82, 2.24) is 23.9 Å². The Bertz CT molecular complexity index is 1260. The van der Waals surface area contributed by atoms with Crippen molar-refractivity contribution >= 4 is 39.2 Å². The highest BCUT2D eigenvalue weighted by atomic mass is 32.2. The average molecular weight is 466 g/mol. The molecule has 3 aromatic heterocycles. The lowest BCUT2D eigenvalue weighted by molar-refractivity contribution is 0.0522. The molecule has 3 rings (SSSR count). The minimum atomic E-state index is -3.64. The average Bonchev–Trinajstić information content (AvgIpc) is 3.25. The number of nitrogens with one attached hydrogen (secondary N) is 1. The maximum absolute atomic E-state index is 12.9. The second-order valence-corrected chi connectivity index (χ2v) is 10.0. The molecule has 10 nitrogen and oxygen atoms in total. The Kier molecular flexibility index (Phi) is 6.53. The second-order valence-electron chi connectivity index (χ2n) is 6.92. The molecular weight excluding hydrogens is 442 g/mol. The van der Waals surface area contributed by atoms with Crippen molar-refractivity contribution in [2.45, 2.75) is 30.8 Å². The second kappa shape index (κ2) is 8.81. The van der Waals surface area contributed by atoms with Gasteiger partial charge in [0.15, 0.2) is 16.6 Å². The molecule has 31 heavy (non-hydrogen) atoms. The minimum Gasteiger partial charge on any atom is -0.462 e. The van der Waals surface area contributed by atoms with Crippen LogP contribution in [0.15, 0.2) is 28.4 Å². The van der Waals surface area contributed by atoms with E-state index in [1.54, 1.807) is 26.8 Å². The lowest BCUT2D eigenvalue weighted by Crippen LogP contribution is -2.22. The van der Waals surface area contributed by atoms with Crippen molar-refractivity contribution in [1.29, 1.82) is 0 Å². The third-order valence-electron chi connectivity index (χ3n) is 4.59. The van der Waals surface area contributed by atoms with Crippen molar-refractivity contribution in [3.8, 4) is 0 Å². The summed E-state index contributed by atoms with van der Waals surface area (Å²) in [5.74, 6) is -0.844. The van der Waals surface area contributed by atoms with Gasteiger partial charge in [0.05, 0.1) is 28.4 Å². The molecule has 0 saturated carbocycles. The van der Waals surface area contributed by atoms with Crippen LogP contribution < -0.4 is 0 Å². The number of carbonyl (C=O) groups excluding carboxylic acids is 2. The smallest absolute Gasteiger partial charge is 0.340 e. The van der Waals surface area contributed by atoms with E-state index in [0.717, 1.165) is 16.1 Å². The topological polar surface area (TPSA) is 127 Å². The van der Waals surface area contributed by atoms with E-state index in [0.29, 0.717) is 22.2 Å². The van der Waals surface area contributed by atoms with E-state index in [2.05, 4.69) is 15.2 Å². The third kappa shape index (κ3) is 4.36. The molecule has 0 aromatic carbocycles. The predicted octanol–water partition coefficient (Wildman–Crippen LogP) is 2.08. The number of H-pyrrole nitrogens is 1. The predicted molar refractivity (Wildman–Crippen MR) is 115 cm³/mol. The number of aromatic amines is 1. The molecule has 0 aliphatic rings. The van der Waals surface area contributed by atoms with Crippen LogP contribution in [0.4, 0.5) is 0 Å². The zero-order valence-corrected chi connectivity index (χ0v) is 19.4. The SMILES string of the molecule is CCOC(=O)c1c(C)[nH]c(C)c1C(=O)CSc1nnc2ccc(S(=O)(=O)N(C)C)cn12. The monoisotopic (exact) mass is 465 g/mol. The number of Topliss-reactive ketones (excluding diaryl/α,β-unsaturated/α-hetero) is 1. The molecule has 0 radical (unpaired) electrons.